The number of nitrogens with one attached hydrogen (secondary N) is 1. The molecule has 1 aromatic heterocycles. The number of benzene rings is 1. The summed E-state index contributed by atoms with van der Waals surface area (Å²) >= 11 is 0. The molecule has 28 heavy (non-hydrogen) atoms. The number of aromatic nitrogens is 2. The van der Waals surface area contributed by atoms with Gasteiger partial charge in [0.2, 0.25) is 0 Å². The molecule has 0 aliphatic carbocycles. The Hall–Kier alpha value is -3.00. The van der Waals surface area contributed by atoms with Crippen molar-refractivity contribution in [1.29, 1.82) is 0 Å². The lowest BCUT2D eigenvalue weighted by Gasteiger charge is -2.17. The molecule has 2 aromatic rings. The van der Waals surface area contributed by atoms with Gasteiger partial charge in [-0.15, -0.1) is 0 Å². The van der Waals surface area contributed by atoms with Gasteiger partial charge in [-0.2, -0.15) is 0 Å². The molecule has 0 unspecified atom stereocenters. The van der Waals surface area contributed by atoms with Gasteiger partial charge in [0.25, 0.3) is 0 Å². The van der Waals surface area contributed by atoms with Gasteiger partial charge in [-0.1, -0.05) is 6.07 Å². The zero-order chi connectivity index (χ0) is 19.9. The number of ether oxygens (including phenoxy) is 2. The summed E-state index contributed by atoms with van der Waals surface area (Å²) in [5, 5.41) is 3.38. The maximum atomic E-state index is 13.5. The fourth-order valence-electron chi connectivity index (χ4n) is 3.08. The molecule has 1 aliphatic heterocycles. The number of carbonyl (C=O) groups excluding carboxylic acids is 1. The van der Waals surface area contributed by atoms with E-state index in [1.807, 2.05) is 0 Å². The molecule has 7 nitrogen and oxygen atoms in total. The topological polar surface area (TPSA) is 76.6 Å². The van der Waals surface area contributed by atoms with Crippen LogP contribution in [-0.4, -0.2) is 54.2 Å². The van der Waals surface area contributed by atoms with E-state index in [0.29, 0.717) is 11.5 Å². The predicted molar refractivity (Wildman–Crippen MR) is 103 cm³/mol. The number of halogens is 1. The third kappa shape index (κ3) is 5.26. The fraction of sp³-hybridized carbons (Fsp3) is 0.350. The molecule has 0 amide bonds. The van der Waals surface area contributed by atoms with E-state index in [0.717, 1.165) is 31.6 Å². The van der Waals surface area contributed by atoms with Crippen LogP contribution in [0.2, 0.25) is 0 Å². The van der Waals surface area contributed by atoms with Crippen molar-refractivity contribution >= 4 is 17.9 Å². The Morgan fingerprint density at radius 2 is 2.21 bits per heavy atom. The van der Waals surface area contributed by atoms with Crippen molar-refractivity contribution in [3.05, 3.63) is 53.7 Å². The quantitative estimate of drug-likeness (QED) is 0.579. The van der Waals surface area contributed by atoms with E-state index < -0.39 is 5.97 Å². The minimum atomic E-state index is -0.436. The molecule has 1 fully saturated rings. The Labute approximate surface area is 163 Å². The molecule has 2 heterocycles. The summed E-state index contributed by atoms with van der Waals surface area (Å²) in [5.74, 6) is 0.165. The number of hydrogen-bond acceptors (Lipinski definition) is 7. The minimum Gasteiger partial charge on any atom is -0.494 e. The van der Waals surface area contributed by atoms with Crippen molar-refractivity contribution in [1.82, 2.24) is 14.9 Å². The highest BCUT2D eigenvalue weighted by molar-refractivity contribution is 5.86. The van der Waals surface area contributed by atoms with E-state index >= 15 is 0 Å². The van der Waals surface area contributed by atoms with Gasteiger partial charge in [0.05, 0.1) is 32.3 Å². The first-order valence-corrected chi connectivity index (χ1v) is 8.96. The molecule has 1 saturated heterocycles. The summed E-state index contributed by atoms with van der Waals surface area (Å²) in [6, 6.07) is 5.21. The normalized spacial score (nSPS) is 17.0. The van der Waals surface area contributed by atoms with Crippen molar-refractivity contribution in [2.75, 3.05) is 32.6 Å². The molecule has 1 aliphatic rings. The molecular weight excluding hydrogens is 363 g/mol. The van der Waals surface area contributed by atoms with Crippen LogP contribution in [0.5, 0.6) is 5.75 Å². The first-order valence-electron chi connectivity index (χ1n) is 8.96. The second kappa shape index (κ2) is 9.27. The Morgan fingerprint density at radius 1 is 1.36 bits per heavy atom. The van der Waals surface area contributed by atoms with Crippen molar-refractivity contribution in [3.63, 3.8) is 0 Å². The maximum absolute atomic E-state index is 13.5. The number of methoxy groups -OCH3 is 2. The Morgan fingerprint density at radius 3 is 2.93 bits per heavy atom. The number of rotatable bonds is 7. The minimum absolute atomic E-state index is 0.258. The number of likely N-dealkylation sites (tertiary alicyclic amines) is 1. The van der Waals surface area contributed by atoms with E-state index in [2.05, 4.69) is 24.9 Å². The largest absolute Gasteiger partial charge is 0.494 e. The highest BCUT2D eigenvalue weighted by Gasteiger charge is 2.23. The van der Waals surface area contributed by atoms with Crippen LogP contribution >= 0.6 is 0 Å². The van der Waals surface area contributed by atoms with Crippen LogP contribution < -0.4 is 10.1 Å². The third-order valence-corrected chi connectivity index (χ3v) is 4.51. The first-order chi connectivity index (χ1) is 13.6. The van der Waals surface area contributed by atoms with Crippen LogP contribution in [0.15, 0.2) is 36.7 Å². The molecule has 148 valence electrons. The van der Waals surface area contributed by atoms with Gasteiger partial charge >= 0.3 is 5.97 Å². The maximum Gasteiger partial charge on any atom is 0.330 e. The lowest BCUT2D eigenvalue weighted by atomic mass is 10.2. The number of hydrogen-bond donors (Lipinski definition) is 1. The summed E-state index contributed by atoms with van der Waals surface area (Å²) in [5.41, 5.74) is 1.59. The predicted octanol–water partition coefficient (Wildman–Crippen LogP) is 2.50. The first kappa shape index (κ1) is 19.8. The van der Waals surface area contributed by atoms with Crippen molar-refractivity contribution < 1.29 is 18.7 Å². The van der Waals surface area contributed by atoms with E-state index in [1.165, 1.54) is 26.4 Å². The summed E-state index contributed by atoms with van der Waals surface area (Å²) in [6.45, 7) is 2.52. The van der Waals surface area contributed by atoms with Gasteiger partial charge < -0.3 is 14.8 Å². The summed E-state index contributed by atoms with van der Waals surface area (Å²) in [4.78, 5) is 22.0. The Kier molecular flexibility index (Phi) is 6.54. The van der Waals surface area contributed by atoms with Crippen LogP contribution in [0, 0.1) is 5.82 Å². The highest BCUT2D eigenvalue weighted by Crippen LogP contribution is 2.21. The second-order valence-corrected chi connectivity index (χ2v) is 6.52. The fourth-order valence-corrected chi connectivity index (χ4v) is 3.08. The zero-order valence-corrected chi connectivity index (χ0v) is 15.9. The molecule has 3 rings (SSSR count). The van der Waals surface area contributed by atoms with Crippen LogP contribution in [0.4, 0.5) is 10.2 Å². The molecule has 0 radical (unpaired) electrons. The zero-order valence-electron chi connectivity index (χ0n) is 15.9. The van der Waals surface area contributed by atoms with Crippen LogP contribution in [0.25, 0.3) is 6.08 Å². The monoisotopic (exact) mass is 386 g/mol. The molecule has 1 atom stereocenters. The number of anilines is 1. The summed E-state index contributed by atoms with van der Waals surface area (Å²) in [6.07, 6.45) is 7.07. The molecule has 0 saturated carbocycles. The molecule has 1 aromatic carbocycles. The van der Waals surface area contributed by atoms with E-state index in [-0.39, 0.29) is 17.6 Å². The smallest absolute Gasteiger partial charge is 0.330 e. The lowest BCUT2D eigenvalue weighted by molar-refractivity contribution is -0.134. The van der Waals surface area contributed by atoms with Crippen molar-refractivity contribution in [2.24, 2.45) is 0 Å². The second-order valence-electron chi connectivity index (χ2n) is 6.52. The van der Waals surface area contributed by atoms with E-state index in [4.69, 9.17) is 4.74 Å². The van der Waals surface area contributed by atoms with E-state index in [9.17, 15) is 9.18 Å². The molecule has 1 N–H and O–H groups in total. The number of nitrogens with zero attached hydrogens (tertiary/aromatic N) is 3. The summed E-state index contributed by atoms with van der Waals surface area (Å²) in [7, 11) is 2.79. The van der Waals surface area contributed by atoms with Gasteiger partial charge in [0.15, 0.2) is 11.6 Å². The van der Waals surface area contributed by atoms with Crippen LogP contribution in [-0.2, 0) is 16.1 Å². The molecule has 8 heteroatoms. The molecule has 0 spiro atoms. The van der Waals surface area contributed by atoms with E-state index in [1.54, 1.807) is 30.6 Å². The van der Waals surface area contributed by atoms with Crippen LogP contribution in [0.3, 0.4) is 0 Å². The standard InChI is InChI=1S/C20H23FN4O3/c1-27-18-9-14(3-5-17(18)21)12-25-8-7-16(13-25)24-19-11-22-15(10-23-19)4-6-20(26)28-2/h3-6,9-11,16H,7-8,12-13H2,1-2H3,(H,23,24)/b6-4+/t16-/m1/s1. The van der Waals surface area contributed by atoms with Gasteiger partial charge in [0, 0.05) is 31.8 Å². The Balaban J connectivity index is 1.52. The number of carbonyl (C=O) groups is 1. The SMILES string of the molecule is COC(=O)/C=C/c1cnc(N[C@@H]2CCN(Cc3ccc(F)c(OC)c3)C2)cn1. The number of esters is 1. The van der Waals surface area contributed by atoms with Gasteiger partial charge in [-0.25, -0.2) is 14.2 Å². The average Bonchev–Trinajstić information content (AvgIpc) is 3.15. The van der Waals surface area contributed by atoms with Gasteiger partial charge in [0.1, 0.15) is 5.82 Å². The Bertz CT molecular complexity index is 842. The third-order valence-electron chi connectivity index (χ3n) is 4.51. The van der Waals surface area contributed by atoms with Gasteiger partial charge in [-0.3, -0.25) is 9.88 Å². The molecular formula is C20H23FN4O3. The highest BCUT2D eigenvalue weighted by atomic mass is 19.1. The molecule has 0 bridgehead atoms. The average molecular weight is 386 g/mol. The van der Waals surface area contributed by atoms with Crippen molar-refractivity contribution in [3.8, 4) is 5.75 Å². The van der Waals surface area contributed by atoms with Gasteiger partial charge in [-0.05, 0) is 30.2 Å². The van der Waals surface area contributed by atoms with Crippen LogP contribution in [0.1, 0.15) is 17.7 Å². The lowest BCUT2D eigenvalue weighted by Crippen LogP contribution is -2.26. The van der Waals surface area contributed by atoms with Crippen molar-refractivity contribution in [2.45, 2.75) is 19.0 Å². The summed E-state index contributed by atoms with van der Waals surface area (Å²) < 4.78 is 23.1.